The first kappa shape index (κ1) is 24.8. The molecular weight excluding hydrogens is 503 g/mol. The fourth-order valence-electron chi connectivity index (χ4n) is 3.01. The number of nitrogens with one attached hydrogen (secondary N) is 1. The van der Waals surface area contributed by atoms with E-state index < -0.39 is 5.91 Å². The third-order valence-electron chi connectivity index (χ3n) is 4.65. The van der Waals surface area contributed by atoms with Crippen LogP contribution in [0.25, 0.3) is 6.08 Å². The van der Waals surface area contributed by atoms with Crippen LogP contribution in [-0.4, -0.2) is 19.6 Å². The molecule has 3 aromatic rings. The minimum atomic E-state index is -0.543. The van der Waals surface area contributed by atoms with Crippen molar-refractivity contribution in [2.45, 2.75) is 13.5 Å². The summed E-state index contributed by atoms with van der Waals surface area (Å²) in [5, 5.41) is 12.2. The number of ether oxygens (including phenoxy) is 3. The van der Waals surface area contributed by atoms with Gasteiger partial charge in [-0.25, -0.2) is 4.39 Å². The first-order chi connectivity index (χ1) is 16.4. The van der Waals surface area contributed by atoms with Gasteiger partial charge >= 0.3 is 0 Å². The van der Waals surface area contributed by atoms with Crippen molar-refractivity contribution in [2.24, 2.45) is 0 Å². The van der Waals surface area contributed by atoms with Gasteiger partial charge in [0, 0.05) is 5.69 Å². The lowest BCUT2D eigenvalue weighted by molar-refractivity contribution is -0.112. The second kappa shape index (κ2) is 11.9. The molecule has 174 valence electrons. The fraction of sp³-hybridized carbons (Fsp3) is 0.154. The molecule has 0 saturated carbocycles. The lowest BCUT2D eigenvalue weighted by atomic mass is 10.1. The number of carbonyl (C=O) groups is 1. The second-order valence-electron chi connectivity index (χ2n) is 7.03. The third kappa shape index (κ3) is 6.59. The molecule has 3 rings (SSSR count). The van der Waals surface area contributed by atoms with Gasteiger partial charge in [-0.05, 0) is 88.6 Å². The fourth-order valence-corrected chi connectivity index (χ4v) is 3.59. The molecule has 34 heavy (non-hydrogen) atoms. The van der Waals surface area contributed by atoms with E-state index in [0.29, 0.717) is 39.6 Å². The zero-order valence-electron chi connectivity index (χ0n) is 18.6. The normalized spacial score (nSPS) is 10.9. The van der Waals surface area contributed by atoms with Crippen molar-refractivity contribution in [3.05, 3.63) is 87.7 Å². The standard InChI is InChI=1S/C26H22BrFN2O4/c1-3-33-22-10-8-21(9-11-22)30-26(31)19(15-29)12-18-13-23(27)25(24(14-18)32-2)34-16-17-4-6-20(28)7-5-17/h4-14H,3,16H2,1-2H3,(H,30,31)/b19-12-. The molecule has 0 aliphatic rings. The number of nitriles is 1. The Kier molecular flexibility index (Phi) is 8.66. The molecule has 0 aromatic heterocycles. The van der Waals surface area contributed by atoms with Crippen molar-refractivity contribution in [1.82, 2.24) is 0 Å². The molecular formula is C26H22BrFN2O4. The molecule has 0 heterocycles. The highest BCUT2D eigenvalue weighted by Crippen LogP contribution is 2.37. The maximum atomic E-state index is 13.1. The van der Waals surface area contributed by atoms with E-state index in [1.165, 1.54) is 25.3 Å². The van der Waals surface area contributed by atoms with Gasteiger partial charge in [-0.2, -0.15) is 5.26 Å². The average molecular weight is 525 g/mol. The van der Waals surface area contributed by atoms with Crippen molar-refractivity contribution >= 4 is 33.6 Å². The van der Waals surface area contributed by atoms with Crippen LogP contribution in [-0.2, 0) is 11.4 Å². The highest BCUT2D eigenvalue weighted by Gasteiger charge is 2.14. The monoisotopic (exact) mass is 524 g/mol. The Hall–Kier alpha value is -3.83. The molecule has 6 nitrogen and oxygen atoms in total. The summed E-state index contributed by atoms with van der Waals surface area (Å²) in [6.45, 7) is 2.64. The van der Waals surface area contributed by atoms with Crippen LogP contribution in [0.15, 0.2) is 70.7 Å². The van der Waals surface area contributed by atoms with E-state index in [9.17, 15) is 14.4 Å². The van der Waals surface area contributed by atoms with Crippen molar-refractivity contribution in [3.8, 4) is 23.3 Å². The maximum Gasteiger partial charge on any atom is 0.266 e. The maximum absolute atomic E-state index is 13.1. The van der Waals surface area contributed by atoms with Crippen LogP contribution in [0, 0.1) is 17.1 Å². The number of carbonyl (C=O) groups excluding carboxylic acids is 1. The number of amides is 1. The molecule has 3 aromatic carbocycles. The summed E-state index contributed by atoms with van der Waals surface area (Å²) in [4.78, 5) is 12.6. The lowest BCUT2D eigenvalue weighted by Crippen LogP contribution is -2.13. The summed E-state index contributed by atoms with van der Waals surface area (Å²) in [7, 11) is 1.49. The molecule has 1 N–H and O–H groups in total. The molecule has 0 aliphatic carbocycles. The van der Waals surface area contributed by atoms with Crippen molar-refractivity contribution < 1.29 is 23.4 Å². The number of halogens is 2. The predicted octanol–water partition coefficient (Wildman–Crippen LogP) is 6.12. The van der Waals surface area contributed by atoms with E-state index in [2.05, 4.69) is 21.2 Å². The number of benzene rings is 3. The summed E-state index contributed by atoms with van der Waals surface area (Å²) < 4.78 is 30.4. The minimum Gasteiger partial charge on any atom is -0.494 e. The molecule has 0 bridgehead atoms. The molecule has 0 spiro atoms. The molecule has 0 saturated heterocycles. The van der Waals surface area contributed by atoms with E-state index in [1.807, 2.05) is 13.0 Å². The number of hydrogen-bond acceptors (Lipinski definition) is 5. The van der Waals surface area contributed by atoms with Crippen LogP contribution in [0.2, 0.25) is 0 Å². The van der Waals surface area contributed by atoms with Crippen LogP contribution in [0.4, 0.5) is 10.1 Å². The van der Waals surface area contributed by atoms with Crippen LogP contribution in [0.1, 0.15) is 18.1 Å². The quantitative estimate of drug-likeness (QED) is 0.269. The van der Waals surface area contributed by atoms with Crippen LogP contribution in [0.5, 0.6) is 17.2 Å². The summed E-state index contributed by atoms with van der Waals surface area (Å²) in [6.07, 6.45) is 1.46. The molecule has 0 aliphatic heterocycles. The van der Waals surface area contributed by atoms with E-state index in [4.69, 9.17) is 14.2 Å². The Labute approximate surface area is 205 Å². The van der Waals surface area contributed by atoms with Crippen molar-refractivity contribution in [3.63, 3.8) is 0 Å². The van der Waals surface area contributed by atoms with Crippen LogP contribution < -0.4 is 19.5 Å². The largest absolute Gasteiger partial charge is 0.494 e. The van der Waals surface area contributed by atoms with Gasteiger partial charge in [0.2, 0.25) is 0 Å². The van der Waals surface area contributed by atoms with Gasteiger partial charge in [0.05, 0.1) is 18.2 Å². The van der Waals surface area contributed by atoms with Gasteiger partial charge in [-0.15, -0.1) is 0 Å². The molecule has 0 fully saturated rings. The number of anilines is 1. The summed E-state index contributed by atoms with van der Waals surface area (Å²) in [5.74, 6) is 0.681. The first-order valence-corrected chi connectivity index (χ1v) is 11.1. The minimum absolute atomic E-state index is 0.0807. The van der Waals surface area contributed by atoms with Gasteiger partial charge in [-0.3, -0.25) is 4.79 Å². The Morgan fingerprint density at radius 1 is 1.12 bits per heavy atom. The Morgan fingerprint density at radius 2 is 1.82 bits per heavy atom. The molecule has 0 atom stereocenters. The molecule has 1 amide bonds. The first-order valence-electron chi connectivity index (χ1n) is 10.3. The highest BCUT2D eigenvalue weighted by molar-refractivity contribution is 9.10. The van der Waals surface area contributed by atoms with Crippen LogP contribution in [0.3, 0.4) is 0 Å². The summed E-state index contributed by atoms with van der Waals surface area (Å²) >= 11 is 3.46. The van der Waals surface area contributed by atoms with E-state index in [-0.39, 0.29) is 18.0 Å². The second-order valence-corrected chi connectivity index (χ2v) is 7.88. The lowest BCUT2D eigenvalue weighted by Gasteiger charge is -2.14. The Bertz CT molecular complexity index is 1220. The Balaban J connectivity index is 1.77. The number of rotatable bonds is 9. The SMILES string of the molecule is CCOc1ccc(NC(=O)/C(C#N)=C\c2cc(Br)c(OCc3ccc(F)cc3)c(OC)c2)cc1. The predicted molar refractivity (Wildman–Crippen MR) is 131 cm³/mol. The molecule has 8 heteroatoms. The van der Waals surface area contributed by atoms with Gasteiger partial charge in [0.25, 0.3) is 5.91 Å². The Morgan fingerprint density at radius 3 is 2.44 bits per heavy atom. The smallest absolute Gasteiger partial charge is 0.266 e. The summed E-state index contributed by atoms with van der Waals surface area (Å²) in [5.41, 5.74) is 1.81. The van der Waals surface area contributed by atoms with E-state index in [0.717, 1.165) is 5.56 Å². The zero-order chi connectivity index (χ0) is 24.5. The highest BCUT2D eigenvalue weighted by atomic mass is 79.9. The third-order valence-corrected chi connectivity index (χ3v) is 5.24. The van der Waals surface area contributed by atoms with Crippen LogP contribution >= 0.6 is 15.9 Å². The van der Waals surface area contributed by atoms with Gasteiger partial charge in [0.15, 0.2) is 11.5 Å². The topological polar surface area (TPSA) is 80.6 Å². The van der Waals surface area contributed by atoms with Crippen molar-refractivity contribution in [2.75, 3.05) is 19.0 Å². The zero-order valence-corrected chi connectivity index (χ0v) is 20.2. The molecule has 0 unspecified atom stereocenters. The van der Waals surface area contributed by atoms with Gasteiger partial charge < -0.3 is 19.5 Å². The molecule has 0 radical (unpaired) electrons. The summed E-state index contributed by atoms with van der Waals surface area (Å²) in [6, 6.07) is 18.2. The van der Waals surface area contributed by atoms with Crippen molar-refractivity contribution in [1.29, 1.82) is 5.26 Å². The average Bonchev–Trinajstić information content (AvgIpc) is 2.84. The number of nitrogens with zero attached hydrogens (tertiary/aromatic N) is 1. The number of methoxy groups -OCH3 is 1. The van der Waals surface area contributed by atoms with E-state index in [1.54, 1.807) is 48.5 Å². The van der Waals surface area contributed by atoms with Gasteiger partial charge in [0.1, 0.15) is 29.8 Å². The number of hydrogen-bond donors (Lipinski definition) is 1. The van der Waals surface area contributed by atoms with Gasteiger partial charge in [-0.1, -0.05) is 12.1 Å². The van der Waals surface area contributed by atoms with E-state index >= 15 is 0 Å².